The highest BCUT2D eigenvalue weighted by atomic mass is 35.7. The van der Waals surface area contributed by atoms with Crippen molar-refractivity contribution in [1.29, 1.82) is 0 Å². The summed E-state index contributed by atoms with van der Waals surface area (Å²) in [6.07, 6.45) is 0.157. The van der Waals surface area contributed by atoms with Crippen LogP contribution in [0.4, 0.5) is 5.69 Å². The number of aromatic hydroxyl groups is 1. The zero-order valence-electron chi connectivity index (χ0n) is 7.45. The number of carbonyl (C=O) groups excluding carboxylic acids is 1. The fourth-order valence-corrected chi connectivity index (χ4v) is 2.03. The number of nitro groups is 1. The average Bonchev–Trinajstić information content (AvgIpc) is 2.15. The lowest BCUT2D eigenvalue weighted by atomic mass is 10.2. The SMILES string of the molecule is O=Cc1cc(S(=O)(=O)Cl)c([N+](=O)[O-])cc1O. The second kappa shape index (κ2) is 4.06. The van der Waals surface area contributed by atoms with E-state index in [-0.39, 0.29) is 6.29 Å². The number of nitrogens with zero attached hydrogens (tertiary/aromatic N) is 1. The summed E-state index contributed by atoms with van der Waals surface area (Å²) in [5.41, 5.74) is -1.29. The predicted molar refractivity (Wildman–Crippen MR) is 53.2 cm³/mol. The van der Waals surface area contributed by atoms with Crippen molar-refractivity contribution in [2.75, 3.05) is 0 Å². The Bertz CT molecular complexity index is 566. The molecule has 0 bridgehead atoms. The van der Waals surface area contributed by atoms with Gasteiger partial charge in [0.25, 0.3) is 14.7 Å². The Morgan fingerprint density at radius 1 is 1.44 bits per heavy atom. The van der Waals surface area contributed by atoms with Gasteiger partial charge in [0.15, 0.2) is 11.2 Å². The molecule has 0 heterocycles. The van der Waals surface area contributed by atoms with E-state index < -0.39 is 35.9 Å². The average molecular weight is 266 g/mol. The molecule has 0 aliphatic carbocycles. The number of benzene rings is 1. The normalized spacial score (nSPS) is 11.1. The number of halogens is 1. The Balaban J connectivity index is 3.69. The molecule has 0 fully saturated rings. The molecule has 0 radical (unpaired) electrons. The third-order valence-electron chi connectivity index (χ3n) is 1.69. The molecule has 0 aliphatic heterocycles. The number of carbonyl (C=O) groups is 1. The number of nitro benzene ring substituents is 1. The molecule has 0 saturated carbocycles. The Kier molecular flexibility index (Phi) is 3.15. The van der Waals surface area contributed by atoms with Crippen LogP contribution in [0, 0.1) is 10.1 Å². The molecule has 1 N–H and O–H groups in total. The smallest absolute Gasteiger partial charge is 0.293 e. The maximum atomic E-state index is 11.0. The van der Waals surface area contributed by atoms with Gasteiger partial charge in [-0.2, -0.15) is 0 Å². The van der Waals surface area contributed by atoms with Crippen LogP contribution in [0.1, 0.15) is 10.4 Å². The lowest BCUT2D eigenvalue weighted by molar-refractivity contribution is -0.387. The number of phenols is 1. The Hall–Kier alpha value is -1.67. The van der Waals surface area contributed by atoms with Crippen molar-refractivity contribution in [3.63, 3.8) is 0 Å². The Morgan fingerprint density at radius 2 is 2.00 bits per heavy atom. The van der Waals surface area contributed by atoms with Crippen molar-refractivity contribution in [3.05, 3.63) is 27.8 Å². The molecule has 86 valence electrons. The summed E-state index contributed by atoms with van der Waals surface area (Å²) in [4.78, 5) is 19.1. The van der Waals surface area contributed by atoms with E-state index in [0.717, 1.165) is 0 Å². The van der Waals surface area contributed by atoms with Crippen LogP contribution in [-0.2, 0) is 9.05 Å². The lowest BCUT2D eigenvalue weighted by Crippen LogP contribution is -2.00. The Labute approximate surface area is 93.8 Å². The minimum Gasteiger partial charge on any atom is -0.507 e. The monoisotopic (exact) mass is 265 g/mol. The van der Waals surface area contributed by atoms with E-state index >= 15 is 0 Å². The zero-order chi connectivity index (χ0) is 12.5. The topological polar surface area (TPSA) is 115 Å². The third kappa shape index (κ3) is 2.28. The third-order valence-corrected chi connectivity index (χ3v) is 3.05. The molecule has 0 amide bonds. The van der Waals surface area contributed by atoms with Crippen LogP contribution >= 0.6 is 10.7 Å². The van der Waals surface area contributed by atoms with Crippen molar-refractivity contribution < 1.29 is 23.2 Å². The van der Waals surface area contributed by atoms with Gasteiger partial charge in [0.05, 0.1) is 16.6 Å². The predicted octanol–water partition coefficient (Wildman–Crippen LogP) is 1.04. The summed E-state index contributed by atoms with van der Waals surface area (Å²) in [5.74, 6) is -0.689. The maximum absolute atomic E-state index is 11.0. The van der Waals surface area contributed by atoms with Crippen LogP contribution in [0.15, 0.2) is 17.0 Å². The van der Waals surface area contributed by atoms with Crippen LogP contribution in [0.5, 0.6) is 5.75 Å². The fraction of sp³-hybridized carbons (Fsp3) is 0. The number of hydrogen-bond acceptors (Lipinski definition) is 6. The van der Waals surface area contributed by atoms with Gasteiger partial charge in [-0.3, -0.25) is 14.9 Å². The van der Waals surface area contributed by atoms with Gasteiger partial charge in [-0.1, -0.05) is 0 Å². The largest absolute Gasteiger partial charge is 0.507 e. The van der Waals surface area contributed by atoms with Gasteiger partial charge in [0.1, 0.15) is 5.75 Å². The van der Waals surface area contributed by atoms with Gasteiger partial charge < -0.3 is 5.11 Å². The molecule has 0 saturated heterocycles. The van der Waals surface area contributed by atoms with E-state index in [1.165, 1.54) is 0 Å². The van der Waals surface area contributed by atoms with Crippen molar-refractivity contribution in [1.82, 2.24) is 0 Å². The first-order valence-electron chi connectivity index (χ1n) is 3.68. The molecule has 0 atom stereocenters. The van der Waals surface area contributed by atoms with Crippen LogP contribution in [0.25, 0.3) is 0 Å². The van der Waals surface area contributed by atoms with Gasteiger partial charge in [0.2, 0.25) is 0 Å². The minimum absolute atomic E-state index is 0.157. The highest BCUT2D eigenvalue weighted by molar-refractivity contribution is 8.13. The number of rotatable bonds is 3. The number of hydrogen-bond donors (Lipinski definition) is 1. The summed E-state index contributed by atoms with van der Waals surface area (Å²) in [5, 5.41) is 19.7. The summed E-state index contributed by atoms with van der Waals surface area (Å²) in [7, 11) is 0.592. The zero-order valence-corrected chi connectivity index (χ0v) is 9.03. The van der Waals surface area contributed by atoms with E-state index in [1.807, 2.05) is 0 Å². The number of phenolic OH excluding ortho intramolecular Hbond substituents is 1. The summed E-state index contributed by atoms with van der Waals surface area (Å²) >= 11 is 0. The molecule has 1 rings (SSSR count). The fourth-order valence-electron chi connectivity index (χ4n) is 1.01. The number of aldehydes is 1. The lowest BCUT2D eigenvalue weighted by Gasteiger charge is -2.02. The molecule has 0 aliphatic rings. The summed E-state index contributed by atoms with van der Waals surface area (Å²) < 4.78 is 22.0. The van der Waals surface area contributed by atoms with Crippen molar-refractivity contribution in [3.8, 4) is 5.75 Å². The standard InChI is InChI=1S/C7H4ClNO6S/c8-16(14,15)7-1-4(3-10)6(11)2-5(7)9(12)13/h1-3,11H. The van der Waals surface area contributed by atoms with Gasteiger partial charge in [-0.15, -0.1) is 0 Å². The summed E-state index contributed by atoms with van der Waals surface area (Å²) in [6, 6.07) is 1.20. The highest BCUT2D eigenvalue weighted by Gasteiger charge is 2.26. The highest BCUT2D eigenvalue weighted by Crippen LogP contribution is 2.32. The summed E-state index contributed by atoms with van der Waals surface area (Å²) in [6.45, 7) is 0. The van der Waals surface area contributed by atoms with Crippen LogP contribution in [-0.4, -0.2) is 24.7 Å². The van der Waals surface area contributed by atoms with E-state index in [0.29, 0.717) is 12.1 Å². The van der Waals surface area contributed by atoms with Crippen molar-refractivity contribution >= 4 is 31.7 Å². The van der Waals surface area contributed by atoms with Crippen molar-refractivity contribution in [2.24, 2.45) is 0 Å². The van der Waals surface area contributed by atoms with Crippen molar-refractivity contribution in [2.45, 2.75) is 4.90 Å². The first kappa shape index (κ1) is 12.4. The van der Waals surface area contributed by atoms with E-state index in [2.05, 4.69) is 0 Å². The molecule has 9 heteroatoms. The Morgan fingerprint density at radius 3 is 2.38 bits per heavy atom. The van der Waals surface area contributed by atoms with Crippen LogP contribution < -0.4 is 0 Å². The molecule has 16 heavy (non-hydrogen) atoms. The first-order valence-corrected chi connectivity index (χ1v) is 5.99. The molecular formula is C7H4ClNO6S. The molecule has 0 unspecified atom stereocenters. The molecule has 0 aromatic heterocycles. The second-order valence-electron chi connectivity index (χ2n) is 2.69. The van der Waals surface area contributed by atoms with Gasteiger partial charge in [-0.05, 0) is 6.07 Å². The first-order chi connectivity index (χ1) is 7.27. The minimum atomic E-state index is -4.37. The van der Waals surface area contributed by atoms with Gasteiger partial charge in [0, 0.05) is 10.7 Å². The van der Waals surface area contributed by atoms with E-state index in [1.54, 1.807) is 0 Å². The molecule has 1 aromatic rings. The maximum Gasteiger partial charge on any atom is 0.293 e. The quantitative estimate of drug-likeness (QED) is 0.378. The van der Waals surface area contributed by atoms with Crippen LogP contribution in [0.2, 0.25) is 0 Å². The van der Waals surface area contributed by atoms with Gasteiger partial charge in [-0.25, -0.2) is 8.42 Å². The van der Waals surface area contributed by atoms with Gasteiger partial charge >= 0.3 is 0 Å². The molecule has 0 spiro atoms. The van der Waals surface area contributed by atoms with E-state index in [4.69, 9.17) is 15.8 Å². The van der Waals surface area contributed by atoms with E-state index in [9.17, 15) is 23.3 Å². The second-order valence-corrected chi connectivity index (χ2v) is 5.23. The molecule has 1 aromatic carbocycles. The molecule has 7 nitrogen and oxygen atoms in total. The van der Waals surface area contributed by atoms with Crippen LogP contribution in [0.3, 0.4) is 0 Å². The molecular weight excluding hydrogens is 262 g/mol.